The van der Waals surface area contributed by atoms with Gasteiger partial charge in [0.1, 0.15) is 0 Å². The Balaban J connectivity index is 2.14. The van der Waals surface area contributed by atoms with Crippen molar-refractivity contribution in [2.24, 2.45) is 0 Å². The van der Waals surface area contributed by atoms with Gasteiger partial charge in [0, 0.05) is 26.2 Å². The van der Waals surface area contributed by atoms with Crippen molar-refractivity contribution in [1.29, 1.82) is 0 Å². The first kappa shape index (κ1) is 18.4. The van der Waals surface area contributed by atoms with Crippen LogP contribution in [0.2, 0.25) is 0 Å². The van der Waals surface area contributed by atoms with Crippen molar-refractivity contribution in [3.63, 3.8) is 0 Å². The van der Waals surface area contributed by atoms with Crippen LogP contribution in [-0.4, -0.2) is 57.9 Å². The summed E-state index contributed by atoms with van der Waals surface area (Å²) in [7, 11) is -5.22. The van der Waals surface area contributed by atoms with Crippen molar-refractivity contribution in [3.8, 4) is 0 Å². The molecule has 0 aliphatic carbocycles. The molecule has 6 nitrogen and oxygen atoms in total. The van der Waals surface area contributed by atoms with E-state index in [9.17, 15) is 16.8 Å². The van der Waals surface area contributed by atoms with Crippen molar-refractivity contribution in [1.82, 2.24) is 8.61 Å². The van der Waals surface area contributed by atoms with Gasteiger partial charge in [-0.2, -0.15) is 4.31 Å². The van der Waals surface area contributed by atoms with Gasteiger partial charge in [0.2, 0.25) is 20.0 Å². The van der Waals surface area contributed by atoms with Crippen LogP contribution in [-0.2, 0) is 20.0 Å². The Kier molecular flexibility index (Phi) is 5.20. The maximum atomic E-state index is 12.7. The second-order valence-corrected chi connectivity index (χ2v) is 10.1. The molecule has 0 radical (unpaired) electrons. The molecular formula is C15H24N2O4S2. The molecule has 1 heterocycles. The first-order valence-electron chi connectivity index (χ1n) is 7.54. The fourth-order valence-corrected chi connectivity index (χ4v) is 5.05. The lowest BCUT2D eigenvalue weighted by Crippen LogP contribution is -2.46. The highest BCUT2D eigenvalue weighted by Gasteiger charge is 2.33. The van der Waals surface area contributed by atoms with Gasteiger partial charge in [-0.3, -0.25) is 0 Å². The summed E-state index contributed by atoms with van der Waals surface area (Å²) in [6, 6.07) is 4.99. The molecule has 130 valence electrons. The standard InChI is InChI=1S/C15H24N2O4S2/c1-12-5-6-15(11-13(12)2)23(20,21)17-9-7-14(8-10-17)16(3)22(4,18)19/h5-6,11,14H,7-10H2,1-4H3. The van der Waals surface area contributed by atoms with E-state index in [0.29, 0.717) is 30.8 Å². The van der Waals surface area contributed by atoms with Gasteiger partial charge in [-0.25, -0.2) is 21.1 Å². The van der Waals surface area contributed by atoms with E-state index in [1.165, 1.54) is 14.9 Å². The second kappa shape index (κ2) is 6.51. The minimum Gasteiger partial charge on any atom is -0.213 e. The van der Waals surface area contributed by atoms with Gasteiger partial charge < -0.3 is 0 Å². The van der Waals surface area contributed by atoms with Gasteiger partial charge in [0.05, 0.1) is 11.2 Å². The van der Waals surface area contributed by atoms with E-state index in [0.717, 1.165) is 11.1 Å². The van der Waals surface area contributed by atoms with E-state index in [1.54, 1.807) is 19.2 Å². The topological polar surface area (TPSA) is 74.8 Å². The molecule has 0 saturated carbocycles. The third kappa shape index (κ3) is 3.93. The smallest absolute Gasteiger partial charge is 0.213 e. The fraction of sp³-hybridized carbons (Fsp3) is 0.600. The quantitative estimate of drug-likeness (QED) is 0.812. The summed E-state index contributed by atoms with van der Waals surface area (Å²) in [6.07, 6.45) is 2.19. The van der Waals surface area contributed by atoms with Crippen LogP contribution < -0.4 is 0 Å². The van der Waals surface area contributed by atoms with Gasteiger partial charge >= 0.3 is 0 Å². The van der Waals surface area contributed by atoms with Crippen molar-refractivity contribution in [3.05, 3.63) is 29.3 Å². The van der Waals surface area contributed by atoms with E-state index in [4.69, 9.17) is 0 Å². The van der Waals surface area contributed by atoms with Crippen LogP contribution in [0.15, 0.2) is 23.1 Å². The summed E-state index contributed by atoms with van der Waals surface area (Å²) in [4.78, 5) is 0.301. The van der Waals surface area contributed by atoms with Crippen LogP contribution >= 0.6 is 0 Å². The number of aryl methyl sites for hydroxylation is 2. The minimum absolute atomic E-state index is 0.142. The van der Waals surface area contributed by atoms with E-state index >= 15 is 0 Å². The van der Waals surface area contributed by atoms with Gasteiger partial charge in [-0.05, 0) is 49.9 Å². The third-order valence-electron chi connectivity index (χ3n) is 4.58. The minimum atomic E-state index is -3.52. The fourth-order valence-electron chi connectivity index (χ4n) is 2.74. The predicted molar refractivity (Wildman–Crippen MR) is 90.3 cm³/mol. The van der Waals surface area contributed by atoms with Gasteiger partial charge in [-0.1, -0.05) is 6.07 Å². The third-order valence-corrected chi connectivity index (χ3v) is 7.82. The van der Waals surface area contributed by atoms with E-state index in [2.05, 4.69) is 0 Å². The largest absolute Gasteiger partial charge is 0.243 e. The number of rotatable bonds is 4. The number of benzene rings is 1. The molecular weight excluding hydrogens is 336 g/mol. The van der Waals surface area contributed by atoms with Crippen LogP contribution in [0.3, 0.4) is 0 Å². The van der Waals surface area contributed by atoms with Gasteiger partial charge in [0.15, 0.2) is 0 Å². The highest BCUT2D eigenvalue weighted by molar-refractivity contribution is 7.89. The zero-order chi connectivity index (χ0) is 17.4. The molecule has 0 unspecified atom stereocenters. The van der Waals surface area contributed by atoms with Crippen molar-refractivity contribution in [2.45, 2.75) is 37.6 Å². The normalized spacial score (nSPS) is 18.5. The lowest BCUT2D eigenvalue weighted by atomic mass is 10.1. The number of hydrogen-bond donors (Lipinski definition) is 0. The molecule has 1 fully saturated rings. The molecule has 8 heteroatoms. The molecule has 0 amide bonds. The van der Waals surface area contributed by atoms with Crippen LogP contribution in [0, 0.1) is 13.8 Å². The first-order chi connectivity index (χ1) is 10.5. The Morgan fingerprint density at radius 2 is 1.61 bits per heavy atom. The van der Waals surface area contributed by atoms with Crippen LogP contribution in [0.25, 0.3) is 0 Å². The molecule has 0 N–H and O–H groups in total. The summed E-state index contributed by atoms with van der Waals surface area (Å²) in [5, 5.41) is 0. The Morgan fingerprint density at radius 1 is 1.04 bits per heavy atom. The molecule has 1 aromatic carbocycles. The molecule has 0 aromatic heterocycles. The Labute approximate surface area is 139 Å². The second-order valence-electron chi connectivity index (χ2n) is 6.16. The van der Waals surface area contributed by atoms with E-state index in [1.807, 2.05) is 19.9 Å². The number of sulfonamides is 2. The van der Waals surface area contributed by atoms with Crippen molar-refractivity contribution in [2.75, 3.05) is 26.4 Å². The summed E-state index contributed by atoms with van der Waals surface area (Å²) in [5.41, 5.74) is 2.00. The Morgan fingerprint density at radius 3 is 2.09 bits per heavy atom. The maximum absolute atomic E-state index is 12.7. The van der Waals surface area contributed by atoms with Crippen LogP contribution in [0.1, 0.15) is 24.0 Å². The summed E-state index contributed by atoms with van der Waals surface area (Å²) >= 11 is 0. The molecule has 1 aromatic rings. The Bertz CT molecular complexity index is 780. The monoisotopic (exact) mass is 360 g/mol. The summed E-state index contributed by atoms with van der Waals surface area (Å²) < 4.78 is 51.4. The first-order valence-corrected chi connectivity index (χ1v) is 10.8. The molecule has 2 rings (SSSR count). The highest BCUT2D eigenvalue weighted by Crippen LogP contribution is 2.24. The maximum Gasteiger partial charge on any atom is 0.243 e. The van der Waals surface area contributed by atoms with Crippen LogP contribution in [0.4, 0.5) is 0 Å². The lowest BCUT2D eigenvalue weighted by molar-refractivity contribution is 0.239. The molecule has 1 aliphatic rings. The molecule has 1 aliphatic heterocycles. The van der Waals surface area contributed by atoms with Gasteiger partial charge in [-0.15, -0.1) is 0 Å². The average Bonchev–Trinajstić information content (AvgIpc) is 2.48. The zero-order valence-corrected chi connectivity index (χ0v) is 15.6. The average molecular weight is 361 g/mol. The summed E-state index contributed by atoms with van der Waals surface area (Å²) in [6.45, 7) is 4.50. The van der Waals surface area contributed by atoms with Crippen molar-refractivity contribution >= 4 is 20.0 Å². The SMILES string of the molecule is Cc1ccc(S(=O)(=O)N2CCC(N(C)S(C)(=O)=O)CC2)cc1C. The molecule has 0 atom stereocenters. The molecule has 0 bridgehead atoms. The molecule has 0 spiro atoms. The molecule has 1 saturated heterocycles. The van der Waals surface area contributed by atoms with E-state index < -0.39 is 20.0 Å². The number of nitrogens with zero attached hydrogens (tertiary/aromatic N) is 2. The Hall–Kier alpha value is -0.960. The highest BCUT2D eigenvalue weighted by atomic mass is 32.2. The van der Waals surface area contributed by atoms with Gasteiger partial charge in [0.25, 0.3) is 0 Å². The predicted octanol–water partition coefficient (Wildman–Crippen LogP) is 1.35. The molecule has 23 heavy (non-hydrogen) atoms. The van der Waals surface area contributed by atoms with Crippen LogP contribution in [0.5, 0.6) is 0 Å². The zero-order valence-electron chi connectivity index (χ0n) is 14.0. The number of hydrogen-bond acceptors (Lipinski definition) is 4. The number of piperidine rings is 1. The summed E-state index contributed by atoms with van der Waals surface area (Å²) in [5.74, 6) is 0. The van der Waals surface area contributed by atoms with E-state index in [-0.39, 0.29) is 6.04 Å². The lowest BCUT2D eigenvalue weighted by Gasteiger charge is -2.35. The van der Waals surface area contributed by atoms with Crippen molar-refractivity contribution < 1.29 is 16.8 Å².